The van der Waals surface area contributed by atoms with Crippen LogP contribution in [0, 0.1) is 6.92 Å². The summed E-state index contributed by atoms with van der Waals surface area (Å²) in [7, 11) is 0. The van der Waals surface area contributed by atoms with Gasteiger partial charge in [-0.2, -0.15) is 0 Å². The number of nitrogens with one attached hydrogen (secondary N) is 1. The second-order valence-electron chi connectivity index (χ2n) is 4.30. The lowest BCUT2D eigenvalue weighted by molar-refractivity contribution is -0.132. The van der Waals surface area contributed by atoms with Crippen molar-refractivity contribution < 1.29 is 9.59 Å². The number of carbonyl (C=O) groups is 2. The Morgan fingerprint density at radius 2 is 1.94 bits per heavy atom. The Kier molecular flexibility index (Phi) is 5.36. The normalized spacial score (nSPS) is 9.94. The summed E-state index contributed by atoms with van der Waals surface area (Å²) >= 11 is 0. The minimum Gasteiger partial charge on any atom is -0.334 e. The van der Waals surface area contributed by atoms with Crippen molar-refractivity contribution in [2.75, 3.05) is 18.4 Å². The van der Waals surface area contributed by atoms with E-state index >= 15 is 0 Å². The summed E-state index contributed by atoms with van der Waals surface area (Å²) in [4.78, 5) is 24.7. The van der Waals surface area contributed by atoms with Gasteiger partial charge in [-0.25, -0.2) is 0 Å². The molecule has 0 saturated carbocycles. The van der Waals surface area contributed by atoms with Gasteiger partial charge in [0, 0.05) is 19.2 Å². The Bertz CT molecular complexity index is 430. The Morgan fingerprint density at radius 1 is 1.28 bits per heavy atom. The second kappa shape index (κ2) is 6.79. The van der Waals surface area contributed by atoms with Crippen LogP contribution in [0.25, 0.3) is 0 Å². The fraction of sp³-hybridized carbons (Fsp3) is 0.429. The predicted molar refractivity (Wildman–Crippen MR) is 72.4 cm³/mol. The van der Waals surface area contributed by atoms with Gasteiger partial charge in [0.2, 0.25) is 11.8 Å². The number of hydrogen-bond acceptors (Lipinski definition) is 2. The fourth-order valence-corrected chi connectivity index (χ4v) is 1.69. The van der Waals surface area contributed by atoms with E-state index in [0.717, 1.165) is 17.7 Å². The van der Waals surface area contributed by atoms with Crippen molar-refractivity contribution in [1.29, 1.82) is 0 Å². The highest BCUT2D eigenvalue weighted by molar-refractivity contribution is 5.94. The standard InChI is InChI=1S/C14H20N2O2/c1-4-9-16(12(3)17)10-14(18)15-13-8-6-5-7-11(13)2/h5-8H,4,9-10H2,1-3H3,(H,15,18). The average molecular weight is 248 g/mol. The zero-order valence-corrected chi connectivity index (χ0v) is 11.2. The van der Waals surface area contributed by atoms with Gasteiger partial charge in [-0.05, 0) is 25.0 Å². The molecule has 0 aliphatic rings. The van der Waals surface area contributed by atoms with E-state index in [0.29, 0.717) is 6.54 Å². The van der Waals surface area contributed by atoms with Crippen LogP contribution in [0.1, 0.15) is 25.8 Å². The number of para-hydroxylation sites is 1. The molecule has 0 fully saturated rings. The van der Waals surface area contributed by atoms with E-state index in [9.17, 15) is 9.59 Å². The van der Waals surface area contributed by atoms with E-state index in [1.807, 2.05) is 38.1 Å². The number of aryl methyl sites for hydroxylation is 1. The first-order valence-electron chi connectivity index (χ1n) is 6.15. The van der Waals surface area contributed by atoms with Gasteiger partial charge in [0.05, 0.1) is 6.54 Å². The van der Waals surface area contributed by atoms with Gasteiger partial charge in [-0.3, -0.25) is 9.59 Å². The van der Waals surface area contributed by atoms with Gasteiger partial charge in [0.25, 0.3) is 0 Å². The lowest BCUT2D eigenvalue weighted by Gasteiger charge is -2.19. The summed E-state index contributed by atoms with van der Waals surface area (Å²) < 4.78 is 0. The van der Waals surface area contributed by atoms with Crippen LogP contribution in [0.2, 0.25) is 0 Å². The van der Waals surface area contributed by atoms with Gasteiger partial charge in [-0.15, -0.1) is 0 Å². The van der Waals surface area contributed by atoms with Crippen LogP contribution in [0.4, 0.5) is 5.69 Å². The van der Waals surface area contributed by atoms with Gasteiger partial charge in [-0.1, -0.05) is 25.1 Å². The van der Waals surface area contributed by atoms with Crippen molar-refractivity contribution in [2.24, 2.45) is 0 Å². The summed E-state index contributed by atoms with van der Waals surface area (Å²) in [6, 6.07) is 7.58. The highest BCUT2D eigenvalue weighted by atomic mass is 16.2. The van der Waals surface area contributed by atoms with Crippen LogP contribution in [0.5, 0.6) is 0 Å². The average Bonchev–Trinajstić information content (AvgIpc) is 2.31. The molecule has 0 atom stereocenters. The SMILES string of the molecule is CCCN(CC(=O)Nc1ccccc1C)C(C)=O. The number of nitrogens with zero attached hydrogens (tertiary/aromatic N) is 1. The molecule has 0 saturated heterocycles. The molecule has 1 rings (SSSR count). The number of carbonyl (C=O) groups excluding carboxylic acids is 2. The monoisotopic (exact) mass is 248 g/mol. The van der Waals surface area contributed by atoms with Crippen molar-refractivity contribution in [3.8, 4) is 0 Å². The molecule has 1 N–H and O–H groups in total. The van der Waals surface area contributed by atoms with Crippen LogP contribution in [0.15, 0.2) is 24.3 Å². The number of amides is 2. The zero-order valence-electron chi connectivity index (χ0n) is 11.2. The molecule has 18 heavy (non-hydrogen) atoms. The molecule has 0 aliphatic heterocycles. The predicted octanol–water partition coefficient (Wildman–Crippen LogP) is 2.19. The molecule has 1 aromatic rings. The van der Waals surface area contributed by atoms with Crippen molar-refractivity contribution in [1.82, 2.24) is 4.90 Å². The molecule has 4 heteroatoms. The van der Waals surface area contributed by atoms with Crippen LogP contribution in [-0.4, -0.2) is 29.8 Å². The maximum absolute atomic E-state index is 11.8. The third-order valence-corrected chi connectivity index (χ3v) is 2.69. The molecule has 2 amide bonds. The van der Waals surface area contributed by atoms with E-state index in [-0.39, 0.29) is 18.4 Å². The quantitative estimate of drug-likeness (QED) is 0.868. The van der Waals surface area contributed by atoms with Crippen molar-refractivity contribution >= 4 is 17.5 Å². The maximum Gasteiger partial charge on any atom is 0.244 e. The first-order valence-corrected chi connectivity index (χ1v) is 6.15. The van der Waals surface area contributed by atoms with Crippen LogP contribution in [-0.2, 0) is 9.59 Å². The molecular weight excluding hydrogens is 228 g/mol. The highest BCUT2D eigenvalue weighted by Crippen LogP contribution is 2.12. The van der Waals surface area contributed by atoms with E-state index in [2.05, 4.69) is 5.32 Å². The van der Waals surface area contributed by atoms with E-state index in [1.165, 1.54) is 6.92 Å². The number of benzene rings is 1. The topological polar surface area (TPSA) is 49.4 Å². The van der Waals surface area contributed by atoms with Crippen molar-refractivity contribution in [3.05, 3.63) is 29.8 Å². The Morgan fingerprint density at radius 3 is 2.50 bits per heavy atom. The number of anilines is 1. The lowest BCUT2D eigenvalue weighted by Crippen LogP contribution is -2.37. The van der Waals surface area contributed by atoms with E-state index in [4.69, 9.17) is 0 Å². The maximum atomic E-state index is 11.8. The minimum absolute atomic E-state index is 0.0724. The lowest BCUT2D eigenvalue weighted by atomic mass is 10.2. The van der Waals surface area contributed by atoms with Gasteiger partial charge >= 0.3 is 0 Å². The van der Waals surface area contributed by atoms with Gasteiger partial charge in [0.15, 0.2) is 0 Å². The third kappa shape index (κ3) is 4.20. The van der Waals surface area contributed by atoms with Crippen LogP contribution >= 0.6 is 0 Å². The smallest absolute Gasteiger partial charge is 0.244 e. The second-order valence-corrected chi connectivity index (χ2v) is 4.30. The van der Waals surface area contributed by atoms with E-state index < -0.39 is 0 Å². The first kappa shape index (κ1) is 14.2. The van der Waals surface area contributed by atoms with Crippen molar-refractivity contribution in [2.45, 2.75) is 27.2 Å². The Hall–Kier alpha value is -1.84. The molecular formula is C14H20N2O2. The van der Waals surface area contributed by atoms with Gasteiger partial charge < -0.3 is 10.2 Å². The summed E-state index contributed by atoms with van der Waals surface area (Å²) in [5.41, 5.74) is 1.80. The summed E-state index contributed by atoms with van der Waals surface area (Å²) in [6.45, 7) is 6.12. The molecule has 0 unspecified atom stereocenters. The summed E-state index contributed by atoms with van der Waals surface area (Å²) in [5, 5.41) is 2.82. The van der Waals surface area contributed by atoms with Gasteiger partial charge in [0.1, 0.15) is 0 Å². The molecule has 0 aliphatic carbocycles. The highest BCUT2D eigenvalue weighted by Gasteiger charge is 2.13. The molecule has 0 heterocycles. The third-order valence-electron chi connectivity index (χ3n) is 2.69. The summed E-state index contributed by atoms with van der Waals surface area (Å²) in [6.07, 6.45) is 0.844. The van der Waals surface area contributed by atoms with E-state index in [1.54, 1.807) is 4.90 Å². The number of hydrogen-bond donors (Lipinski definition) is 1. The largest absolute Gasteiger partial charge is 0.334 e. The Balaban J connectivity index is 2.61. The first-order chi connectivity index (χ1) is 8.54. The molecule has 0 radical (unpaired) electrons. The van der Waals surface area contributed by atoms with Crippen LogP contribution < -0.4 is 5.32 Å². The minimum atomic E-state index is -0.159. The molecule has 4 nitrogen and oxygen atoms in total. The molecule has 0 bridgehead atoms. The molecule has 98 valence electrons. The number of rotatable bonds is 5. The Labute approximate surface area is 108 Å². The zero-order chi connectivity index (χ0) is 13.5. The fourth-order valence-electron chi connectivity index (χ4n) is 1.69. The molecule has 0 aromatic heterocycles. The van der Waals surface area contributed by atoms with Crippen molar-refractivity contribution in [3.63, 3.8) is 0 Å². The molecule has 0 spiro atoms. The van der Waals surface area contributed by atoms with Crippen LogP contribution in [0.3, 0.4) is 0 Å². The molecule has 1 aromatic carbocycles. The summed E-state index contributed by atoms with van der Waals surface area (Å²) in [5.74, 6) is -0.232.